The molecule has 0 bridgehead atoms. The quantitative estimate of drug-likeness (QED) is 0.370. The zero-order valence-corrected chi connectivity index (χ0v) is 5.13. The van der Waals surface area contributed by atoms with Crippen LogP contribution in [0.5, 0.6) is 0 Å². The molecule has 0 unspecified atom stereocenters. The van der Waals surface area contributed by atoms with Gasteiger partial charge in [0.15, 0.2) is 0 Å². The summed E-state index contributed by atoms with van der Waals surface area (Å²) in [7, 11) is -4.64. The van der Waals surface area contributed by atoms with E-state index >= 15 is 0 Å². The molecule has 50 valence electrons. The number of hydrogen-bond acceptors (Lipinski definition) is 3. The first-order valence-corrected chi connectivity index (χ1v) is 3.35. The highest BCUT2D eigenvalue weighted by atomic mass is 32.1. The van der Waals surface area contributed by atoms with Gasteiger partial charge in [-0.05, 0) is 0 Å². The molecule has 0 aliphatic heterocycles. The fourth-order valence-electron chi connectivity index (χ4n) is 0. The van der Waals surface area contributed by atoms with Crippen LogP contribution in [-0.2, 0) is 16.1 Å². The van der Waals surface area contributed by atoms with Crippen LogP contribution in [-0.4, -0.2) is 23.1 Å². The Hall–Kier alpha value is -0.0700. The predicted octanol–water partition coefficient (Wildman–Crippen LogP) is -1.60. The molecule has 6 nitrogen and oxygen atoms in total. The standard InChI is InChI=1S/H3O4P.O2S/c1-5(2,3)4;1-3-2/h(H3,1,2,3,4);. The normalized spacial score (nSPS) is 8.88. The van der Waals surface area contributed by atoms with Gasteiger partial charge in [-0.15, -0.1) is 0 Å². The van der Waals surface area contributed by atoms with Crippen LogP contribution in [0, 0.1) is 0 Å². The van der Waals surface area contributed by atoms with Crippen molar-refractivity contribution in [3.63, 3.8) is 0 Å². The molecule has 0 radical (unpaired) electrons. The molecule has 8 heavy (non-hydrogen) atoms. The molecule has 0 aliphatic rings. The largest absolute Gasteiger partial charge is 0.466 e. The Labute approximate surface area is 48.0 Å². The van der Waals surface area contributed by atoms with Gasteiger partial charge in [-0.3, -0.25) is 0 Å². The van der Waals surface area contributed by atoms with Crippen molar-refractivity contribution < 1.29 is 27.7 Å². The summed E-state index contributed by atoms with van der Waals surface area (Å²) < 4.78 is 25.5. The Morgan fingerprint density at radius 3 is 1.12 bits per heavy atom. The molecule has 3 N–H and O–H groups in total. The van der Waals surface area contributed by atoms with Gasteiger partial charge in [0.1, 0.15) is 0 Å². The third-order valence-electron chi connectivity index (χ3n) is 0. The highest BCUT2D eigenvalue weighted by Crippen LogP contribution is 2.25. The lowest BCUT2D eigenvalue weighted by Gasteiger charge is -1.82. The van der Waals surface area contributed by atoms with Crippen molar-refractivity contribution >= 4 is 19.4 Å². The lowest BCUT2D eigenvalue weighted by Crippen LogP contribution is -1.66. The molecular weight excluding hydrogens is 159 g/mol. The van der Waals surface area contributed by atoms with Crippen LogP contribution in [0.2, 0.25) is 0 Å². The first-order valence-electron chi connectivity index (χ1n) is 1.12. The van der Waals surface area contributed by atoms with E-state index in [1.165, 1.54) is 0 Å². The fraction of sp³-hybridized carbons (Fsp3) is 0. The third kappa shape index (κ3) is 29400. The molecule has 0 saturated carbocycles. The van der Waals surface area contributed by atoms with Crippen LogP contribution in [0.1, 0.15) is 0 Å². The van der Waals surface area contributed by atoms with E-state index in [0.29, 0.717) is 0 Å². The zero-order valence-electron chi connectivity index (χ0n) is 3.42. The highest BCUT2D eigenvalue weighted by Gasteiger charge is 2.00. The lowest BCUT2D eigenvalue weighted by molar-refractivity contribution is 0.275. The predicted molar refractivity (Wildman–Crippen MR) is 23.2 cm³/mol. The van der Waals surface area contributed by atoms with Crippen LogP contribution >= 0.6 is 7.82 Å². The van der Waals surface area contributed by atoms with E-state index in [0.717, 1.165) is 0 Å². The van der Waals surface area contributed by atoms with Crippen LogP contribution in [0.15, 0.2) is 0 Å². The van der Waals surface area contributed by atoms with Crippen molar-refractivity contribution in [2.75, 3.05) is 0 Å². The Morgan fingerprint density at radius 2 is 1.12 bits per heavy atom. The Morgan fingerprint density at radius 1 is 1.12 bits per heavy atom. The van der Waals surface area contributed by atoms with Crippen molar-refractivity contribution in [1.29, 1.82) is 0 Å². The summed E-state index contributed by atoms with van der Waals surface area (Å²) in [6.45, 7) is 0. The average molecular weight is 162 g/mol. The zero-order chi connectivity index (χ0) is 7.21. The maximum Gasteiger partial charge on any atom is 0.466 e. The van der Waals surface area contributed by atoms with Crippen molar-refractivity contribution in [2.24, 2.45) is 0 Å². The summed E-state index contributed by atoms with van der Waals surface area (Å²) in [4.78, 5) is 21.6. The second-order valence-electron chi connectivity index (χ2n) is 0.581. The van der Waals surface area contributed by atoms with Gasteiger partial charge in [0.05, 0.1) is 0 Å². The van der Waals surface area contributed by atoms with E-state index < -0.39 is 19.4 Å². The Kier molecular flexibility index (Phi) is 6.87. The smallest absolute Gasteiger partial charge is 0.303 e. The van der Waals surface area contributed by atoms with Gasteiger partial charge in [-0.2, -0.15) is 8.42 Å². The second kappa shape index (κ2) is 5.07. The molecule has 0 fully saturated rings. The maximum absolute atomic E-state index is 8.88. The molecule has 0 heterocycles. The summed E-state index contributed by atoms with van der Waals surface area (Å²) in [5.41, 5.74) is 0. The van der Waals surface area contributed by atoms with Crippen LogP contribution in [0.25, 0.3) is 0 Å². The summed E-state index contributed by atoms with van der Waals surface area (Å²) in [5.74, 6) is 0. The van der Waals surface area contributed by atoms with E-state index in [4.69, 9.17) is 27.7 Å². The summed E-state index contributed by atoms with van der Waals surface area (Å²) in [6, 6.07) is 0. The molecule has 0 amide bonds. The Bertz CT molecular complexity index is 106. The van der Waals surface area contributed by atoms with Gasteiger partial charge in [0.25, 0.3) is 0 Å². The first kappa shape index (κ1) is 10.8. The molecule has 0 atom stereocenters. The van der Waals surface area contributed by atoms with Gasteiger partial charge in [-0.1, -0.05) is 0 Å². The van der Waals surface area contributed by atoms with E-state index in [2.05, 4.69) is 0 Å². The van der Waals surface area contributed by atoms with Crippen LogP contribution in [0.3, 0.4) is 0 Å². The number of rotatable bonds is 0. The first-order chi connectivity index (χ1) is 3.41. The van der Waals surface area contributed by atoms with E-state index in [-0.39, 0.29) is 0 Å². The molecule has 0 aromatic carbocycles. The average Bonchev–Trinajstić information content (AvgIpc) is 1.27. The van der Waals surface area contributed by atoms with Crippen molar-refractivity contribution in [2.45, 2.75) is 0 Å². The van der Waals surface area contributed by atoms with Crippen molar-refractivity contribution in [3.8, 4) is 0 Å². The molecule has 8 heteroatoms. The minimum atomic E-state index is -4.64. The highest BCUT2D eigenvalue weighted by molar-refractivity contribution is 7.51. The van der Waals surface area contributed by atoms with Gasteiger partial charge < -0.3 is 14.7 Å². The van der Waals surface area contributed by atoms with E-state index in [1.807, 2.05) is 0 Å². The monoisotopic (exact) mass is 162 g/mol. The minimum absolute atomic E-state index is 0.750. The lowest BCUT2D eigenvalue weighted by atomic mass is 15.8. The van der Waals surface area contributed by atoms with Gasteiger partial charge >= 0.3 is 19.4 Å². The molecular formula is H3O6PS. The molecule has 0 saturated heterocycles. The molecule has 0 aromatic rings. The second-order valence-corrected chi connectivity index (χ2v) is 1.74. The topological polar surface area (TPSA) is 112 Å². The van der Waals surface area contributed by atoms with Crippen LogP contribution < -0.4 is 0 Å². The molecule has 0 rings (SSSR count). The summed E-state index contributed by atoms with van der Waals surface area (Å²) in [5, 5.41) is 0. The van der Waals surface area contributed by atoms with E-state index in [1.54, 1.807) is 0 Å². The van der Waals surface area contributed by atoms with Crippen molar-refractivity contribution in [1.82, 2.24) is 0 Å². The fourth-order valence-corrected chi connectivity index (χ4v) is 0. The maximum atomic E-state index is 8.88. The summed E-state index contributed by atoms with van der Waals surface area (Å²) in [6.07, 6.45) is 0. The van der Waals surface area contributed by atoms with Crippen LogP contribution in [0.4, 0.5) is 0 Å². The number of hydrogen-bond donors (Lipinski definition) is 3. The number of phosphoric acid groups is 1. The molecule has 0 spiro atoms. The Balaban J connectivity index is 0. The minimum Gasteiger partial charge on any atom is -0.303 e. The van der Waals surface area contributed by atoms with E-state index in [9.17, 15) is 0 Å². The van der Waals surface area contributed by atoms with Gasteiger partial charge in [-0.25, -0.2) is 4.57 Å². The van der Waals surface area contributed by atoms with Gasteiger partial charge in [0.2, 0.25) is 0 Å². The summed E-state index contributed by atoms with van der Waals surface area (Å²) >= 11 is -0.750. The third-order valence-corrected chi connectivity index (χ3v) is 0. The van der Waals surface area contributed by atoms with Crippen molar-refractivity contribution in [3.05, 3.63) is 0 Å². The SMILES string of the molecule is O=P(O)(O)O.O=S=O. The van der Waals surface area contributed by atoms with Gasteiger partial charge in [0, 0.05) is 0 Å². The molecule has 0 aromatic heterocycles. The molecule has 0 aliphatic carbocycles.